The summed E-state index contributed by atoms with van der Waals surface area (Å²) in [6.45, 7) is 8.98. The van der Waals surface area contributed by atoms with E-state index in [1.54, 1.807) is 24.3 Å². The SMILES string of the molecule is CCN(CC)CCOC(=O)c1ccc(NC(=O)c2sc3nc(-c4ccccc4)cn3c2C)cc1. The quantitative estimate of drug-likeness (QED) is 0.339. The summed E-state index contributed by atoms with van der Waals surface area (Å²) >= 11 is 1.35. The Morgan fingerprint density at radius 1 is 1.06 bits per heavy atom. The zero-order valence-corrected chi connectivity index (χ0v) is 20.4. The third kappa shape index (κ3) is 5.18. The van der Waals surface area contributed by atoms with Gasteiger partial charge in [-0.3, -0.25) is 9.20 Å². The lowest BCUT2D eigenvalue weighted by molar-refractivity contribution is 0.0466. The standard InChI is InChI=1S/C26H28N4O3S/c1-4-29(5-2)15-16-33-25(32)20-11-13-21(14-12-20)27-24(31)23-18(3)30-17-22(28-26(30)34-23)19-9-7-6-8-10-19/h6-14,17H,4-5,15-16H2,1-3H3,(H,27,31). The Labute approximate surface area is 203 Å². The second kappa shape index (κ2) is 10.6. The normalized spacial score (nSPS) is 11.2. The number of nitrogens with one attached hydrogen (secondary N) is 1. The molecule has 0 saturated carbocycles. The Kier molecular flexibility index (Phi) is 7.40. The summed E-state index contributed by atoms with van der Waals surface area (Å²) in [5.41, 5.74) is 3.81. The molecule has 0 spiro atoms. The van der Waals surface area contributed by atoms with Crippen molar-refractivity contribution in [2.45, 2.75) is 20.8 Å². The molecule has 2 heterocycles. The number of carbonyl (C=O) groups excluding carboxylic acids is 2. The summed E-state index contributed by atoms with van der Waals surface area (Å²) in [5.74, 6) is -0.571. The van der Waals surface area contributed by atoms with Crippen LogP contribution >= 0.6 is 11.3 Å². The molecule has 0 aliphatic rings. The molecule has 176 valence electrons. The van der Waals surface area contributed by atoms with Gasteiger partial charge in [-0.05, 0) is 44.3 Å². The predicted octanol–water partition coefficient (Wildman–Crippen LogP) is 5.12. The van der Waals surface area contributed by atoms with Crippen molar-refractivity contribution in [3.63, 3.8) is 0 Å². The fourth-order valence-electron chi connectivity index (χ4n) is 3.68. The molecule has 0 fully saturated rings. The van der Waals surface area contributed by atoms with Crippen LogP contribution in [0.4, 0.5) is 5.69 Å². The Hall–Kier alpha value is -3.49. The van der Waals surface area contributed by atoms with Gasteiger partial charge in [0.1, 0.15) is 11.5 Å². The fourth-order valence-corrected chi connectivity index (χ4v) is 4.68. The number of hydrogen-bond acceptors (Lipinski definition) is 6. The van der Waals surface area contributed by atoms with Gasteiger partial charge in [-0.25, -0.2) is 9.78 Å². The van der Waals surface area contributed by atoms with Gasteiger partial charge in [0.2, 0.25) is 0 Å². The van der Waals surface area contributed by atoms with E-state index in [1.165, 1.54) is 11.3 Å². The van der Waals surface area contributed by atoms with E-state index >= 15 is 0 Å². The first kappa shape index (κ1) is 23.7. The number of benzene rings is 2. The van der Waals surface area contributed by atoms with Gasteiger partial charge >= 0.3 is 5.97 Å². The number of amides is 1. The molecule has 0 atom stereocenters. The number of nitrogens with zero attached hydrogens (tertiary/aromatic N) is 3. The first-order chi connectivity index (χ1) is 16.5. The van der Waals surface area contributed by atoms with Crippen LogP contribution in [0.3, 0.4) is 0 Å². The summed E-state index contributed by atoms with van der Waals surface area (Å²) in [5, 5.41) is 2.91. The van der Waals surface area contributed by atoms with Crippen LogP contribution in [-0.2, 0) is 4.74 Å². The monoisotopic (exact) mass is 476 g/mol. The van der Waals surface area contributed by atoms with E-state index in [1.807, 2.05) is 47.9 Å². The number of ether oxygens (including phenoxy) is 1. The summed E-state index contributed by atoms with van der Waals surface area (Å²) in [7, 11) is 0. The first-order valence-electron chi connectivity index (χ1n) is 11.3. The van der Waals surface area contributed by atoms with Crippen molar-refractivity contribution in [3.05, 3.63) is 76.9 Å². The highest BCUT2D eigenvalue weighted by Gasteiger charge is 2.18. The second-order valence-electron chi connectivity index (χ2n) is 7.86. The molecule has 34 heavy (non-hydrogen) atoms. The van der Waals surface area contributed by atoms with Crippen molar-refractivity contribution in [1.29, 1.82) is 0 Å². The molecule has 1 N–H and O–H groups in total. The molecule has 1 amide bonds. The van der Waals surface area contributed by atoms with Gasteiger partial charge in [0.25, 0.3) is 5.91 Å². The zero-order valence-electron chi connectivity index (χ0n) is 19.6. The van der Waals surface area contributed by atoms with Crippen molar-refractivity contribution < 1.29 is 14.3 Å². The topological polar surface area (TPSA) is 75.9 Å². The van der Waals surface area contributed by atoms with Crippen molar-refractivity contribution in [2.24, 2.45) is 0 Å². The summed E-state index contributed by atoms with van der Waals surface area (Å²) in [4.78, 5) is 33.4. The van der Waals surface area contributed by atoms with Gasteiger partial charge in [-0.2, -0.15) is 0 Å². The maximum absolute atomic E-state index is 12.9. The molecule has 2 aromatic heterocycles. The molecule has 0 aliphatic carbocycles. The van der Waals surface area contributed by atoms with E-state index in [0.29, 0.717) is 29.3 Å². The minimum atomic E-state index is -0.366. The maximum atomic E-state index is 12.9. The Bertz CT molecular complexity index is 1270. The highest BCUT2D eigenvalue weighted by Crippen LogP contribution is 2.27. The molecule has 8 heteroatoms. The molecule has 0 aliphatic heterocycles. The number of rotatable bonds is 9. The van der Waals surface area contributed by atoms with Crippen molar-refractivity contribution >= 4 is 33.9 Å². The van der Waals surface area contributed by atoms with Crippen molar-refractivity contribution in [2.75, 3.05) is 31.6 Å². The summed E-state index contributed by atoms with van der Waals surface area (Å²) in [6, 6.07) is 16.7. The molecule has 7 nitrogen and oxygen atoms in total. The third-order valence-corrected chi connectivity index (χ3v) is 6.90. The van der Waals surface area contributed by atoms with E-state index in [2.05, 4.69) is 29.0 Å². The largest absolute Gasteiger partial charge is 0.461 e. The minimum Gasteiger partial charge on any atom is -0.461 e. The highest BCUT2D eigenvalue weighted by molar-refractivity contribution is 7.19. The number of hydrogen-bond donors (Lipinski definition) is 1. The molecule has 0 radical (unpaired) electrons. The van der Waals surface area contributed by atoms with Crippen LogP contribution < -0.4 is 5.32 Å². The fraction of sp³-hybridized carbons (Fsp3) is 0.269. The zero-order chi connectivity index (χ0) is 24.1. The van der Waals surface area contributed by atoms with Crippen LogP contribution in [-0.4, -0.2) is 52.4 Å². The van der Waals surface area contributed by atoms with Gasteiger partial charge in [0, 0.05) is 29.7 Å². The Balaban J connectivity index is 1.39. The van der Waals surface area contributed by atoms with E-state index in [0.717, 1.165) is 35.0 Å². The van der Waals surface area contributed by atoms with Gasteiger partial charge < -0.3 is 15.0 Å². The Morgan fingerprint density at radius 2 is 1.76 bits per heavy atom. The van der Waals surface area contributed by atoms with Crippen LogP contribution in [0.5, 0.6) is 0 Å². The molecular formula is C26H28N4O3S. The predicted molar refractivity (Wildman–Crippen MR) is 136 cm³/mol. The number of carbonyl (C=O) groups is 2. The van der Waals surface area contributed by atoms with Crippen LogP contribution in [0.1, 0.15) is 39.6 Å². The average Bonchev–Trinajstić information content (AvgIpc) is 3.42. The minimum absolute atomic E-state index is 0.205. The number of fused-ring (bicyclic) bond motifs is 1. The van der Waals surface area contributed by atoms with Crippen molar-refractivity contribution in [3.8, 4) is 11.3 Å². The highest BCUT2D eigenvalue weighted by atomic mass is 32.1. The molecule has 4 rings (SSSR count). The number of likely N-dealkylation sites (N-methyl/N-ethyl adjacent to an activating group) is 1. The third-order valence-electron chi connectivity index (χ3n) is 5.75. The molecule has 0 bridgehead atoms. The van der Waals surface area contributed by atoms with Gasteiger partial charge in [0.05, 0.1) is 11.3 Å². The van der Waals surface area contributed by atoms with Crippen LogP contribution in [0.25, 0.3) is 16.2 Å². The van der Waals surface area contributed by atoms with Crippen LogP contribution in [0.2, 0.25) is 0 Å². The van der Waals surface area contributed by atoms with Crippen LogP contribution in [0, 0.1) is 6.92 Å². The number of aromatic nitrogens is 2. The number of imidazole rings is 1. The van der Waals surface area contributed by atoms with E-state index in [-0.39, 0.29) is 11.9 Å². The number of esters is 1. The Morgan fingerprint density at radius 3 is 2.41 bits per heavy atom. The summed E-state index contributed by atoms with van der Waals surface area (Å²) in [6.07, 6.45) is 1.95. The van der Waals surface area contributed by atoms with E-state index in [4.69, 9.17) is 4.74 Å². The molecule has 2 aromatic carbocycles. The van der Waals surface area contributed by atoms with E-state index in [9.17, 15) is 9.59 Å². The lowest BCUT2D eigenvalue weighted by atomic mass is 10.2. The lowest BCUT2D eigenvalue weighted by Crippen LogP contribution is -2.27. The van der Waals surface area contributed by atoms with Crippen LogP contribution in [0.15, 0.2) is 60.8 Å². The smallest absolute Gasteiger partial charge is 0.338 e. The molecule has 4 aromatic rings. The van der Waals surface area contributed by atoms with Gasteiger partial charge in [0.15, 0.2) is 4.96 Å². The first-order valence-corrected chi connectivity index (χ1v) is 12.2. The number of thiazole rings is 1. The van der Waals surface area contributed by atoms with Crippen molar-refractivity contribution in [1.82, 2.24) is 14.3 Å². The van der Waals surface area contributed by atoms with Gasteiger partial charge in [-0.15, -0.1) is 0 Å². The lowest BCUT2D eigenvalue weighted by Gasteiger charge is -2.17. The molecule has 0 saturated heterocycles. The van der Waals surface area contributed by atoms with E-state index < -0.39 is 0 Å². The summed E-state index contributed by atoms with van der Waals surface area (Å²) < 4.78 is 7.30. The maximum Gasteiger partial charge on any atom is 0.338 e. The number of anilines is 1. The van der Waals surface area contributed by atoms with Gasteiger partial charge in [-0.1, -0.05) is 55.5 Å². The molecule has 0 unspecified atom stereocenters. The second-order valence-corrected chi connectivity index (χ2v) is 8.83. The number of aryl methyl sites for hydroxylation is 1. The molecular weight excluding hydrogens is 448 g/mol. The average molecular weight is 477 g/mol.